The lowest BCUT2D eigenvalue weighted by atomic mass is 9.98. The molecule has 0 N–H and O–H groups in total. The van der Waals surface area contributed by atoms with Crippen molar-refractivity contribution in [1.82, 2.24) is 9.80 Å². The molecule has 0 saturated carbocycles. The molecule has 1 saturated heterocycles. The number of piperidine rings is 1. The third-order valence-electron chi connectivity index (χ3n) is 2.35. The highest BCUT2D eigenvalue weighted by atomic mass is 15.1. The van der Waals surface area contributed by atoms with E-state index in [1.807, 2.05) is 0 Å². The van der Waals surface area contributed by atoms with Gasteiger partial charge in [-0.05, 0) is 46.4 Å². The highest BCUT2D eigenvalue weighted by Gasteiger charge is 2.16. The van der Waals surface area contributed by atoms with Crippen molar-refractivity contribution in [2.75, 3.05) is 40.8 Å². The second kappa shape index (κ2) is 4.07. The average molecular weight is 156 g/mol. The van der Waals surface area contributed by atoms with Gasteiger partial charge in [-0.1, -0.05) is 0 Å². The predicted molar refractivity (Wildman–Crippen MR) is 48.8 cm³/mol. The summed E-state index contributed by atoms with van der Waals surface area (Å²) in [5.41, 5.74) is 0. The molecular weight excluding hydrogens is 136 g/mol. The summed E-state index contributed by atoms with van der Waals surface area (Å²) in [4.78, 5) is 4.74. The van der Waals surface area contributed by atoms with Gasteiger partial charge in [0.05, 0.1) is 0 Å². The standard InChI is InChI=1S/C9H20N2/c1-10(2)7-9-5-4-6-11(3)8-9/h9H,4-8H2,1-3H3/t9-/m0/s1. The van der Waals surface area contributed by atoms with Gasteiger partial charge in [0.15, 0.2) is 0 Å². The number of hydrogen-bond acceptors (Lipinski definition) is 2. The van der Waals surface area contributed by atoms with E-state index in [9.17, 15) is 0 Å². The first-order valence-corrected chi connectivity index (χ1v) is 4.52. The maximum atomic E-state index is 2.44. The van der Waals surface area contributed by atoms with Gasteiger partial charge < -0.3 is 9.80 Å². The fraction of sp³-hybridized carbons (Fsp3) is 1.00. The second-order valence-corrected chi connectivity index (χ2v) is 4.03. The van der Waals surface area contributed by atoms with E-state index in [2.05, 4.69) is 30.9 Å². The molecule has 2 heteroatoms. The van der Waals surface area contributed by atoms with Gasteiger partial charge in [0.2, 0.25) is 0 Å². The molecule has 2 nitrogen and oxygen atoms in total. The Morgan fingerprint density at radius 1 is 1.45 bits per heavy atom. The quantitative estimate of drug-likeness (QED) is 0.586. The molecule has 0 unspecified atom stereocenters. The van der Waals surface area contributed by atoms with Crippen LogP contribution in [0.25, 0.3) is 0 Å². The summed E-state index contributed by atoms with van der Waals surface area (Å²) in [6, 6.07) is 0. The Kier molecular flexibility index (Phi) is 3.34. The minimum absolute atomic E-state index is 0.906. The van der Waals surface area contributed by atoms with Gasteiger partial charge in [-0.15, -0.1) is 0 Å². The van der Waals surface area contributed by atoms with Crippen LogP contribution in [-0.2, 0) is 0 Å². The number of likely N-dealkylation sites (tertiary alicyclic amines) is 1. The van der Waals surface area contributed by atoms with Crippen molar-refractivity contribution in [2.45, 2.75) is 12.8 Å². The monoisotopic (exact) mass is 156 g/mol. The largest absolute Gasteiger partial charge is 0.309 e. The van der Waals surface area contributed by atoms with Crippen LogP contribution >= 0.6 is 0 Å². The van der Waals surface area contributed by atoms with Crippen LogP contribution in [0.5, 0.6) is 0 Å². The van der Waals surface area contributed by atoms with Crippen LogP contribution in [-0.4, -0.2) is 50.6 Å². The molecule has 11 heavy (non-hydrogen) atoms. The van der Waals surface area contributed by atoms with Crippen LogP contribution < -0.4 is 0 Å². The molecule has 0 aromatic carbocycles. The molecule has 66 valence electrons. The van der Waals surface area contributed by atoms with E-state index < -0.39 is 0 Å². The van der Waals surface area contributed by atoms with Crippen molar-refractivity contribution in [1.29, 1.82) is 0 Å². The van der Waals surface area contributed by atoms with E-state index in [0.717, 1.165) is 5.92 Å². The van der Waals surface area contributed by atoms with Crippen LogP contribution in [0.2, 0.25) is 0 Å². The smallest absolute Gasteiger partial charge is 0.00188 e. The molecule has 0 spiro atoms. The zero-order valence-electron chi connectivity index (χ0n) is 8.01. The molecule has 1 heterocycles. The maximum Gasteiger partial charge on any atom is 0.00188 e. The molecule has 0 aliphatic carbocycles. The van der Waals surface area contributed by atoms with Crippen molar-refractivity contribution in [3.8, 4) is 0 Å². The summed E-state index contributed by atoms with van der Waals surface area (Å²) in [6.07, 6.45) is 2.80. The van der Waals surface area contributed by atoms with Crippen LogP contribution in [0.3, 0.4) is 0 Å². The lowest BCUT2D eigenvalue weighted by Crippen LogP contribution is -2.36. The molecule has 0 aromatic heterocycles. The molecule has 1 atom stereocenters. The van der Waals surface area contributed by atoms with E-state index in [1.165, 1.54) is 32.5 Å². The third kappa shape index (κ3) is 3.21. The molecule has 1 aliphatic rings. The Labute approximate surface area is 70.2 Å². The van der Waals surface area contributed by atoms with E-state index in [0.29, 0.717) is 0 Å². The Balaban J connectivity index is 2.23. The zero-order chi connectivity index (χ0) is 8.27. The van der Waals surface area contributed by atoms with E-state index >= 15 is 0 Å². The molecule has 0 bridgehead atoms. The Bertz CT molecular complexity index is 110. The lowest BCUT2D eigenvalue weighted by molar-refractivity contribution is 0.178. The van der Waals surface area contributed by atoms with E-state index in [4.69, 9.17) is 0 Å². The van der Waals surface area contributed by atoms with Crippen LogP contribution in [0.4, 0.5) is 0 Å². The van der Waals surface area contributed by atoms with Crippen LogP contribution in [0.1, 0.15) is 12.8 Å². The molecule has 1 rings (SSSR count). The highest BCUT2D eigenvalue weighted by Crippen LogP contribution is 2.14. The summed E-state index contributed by atoms with van der Waals surface area (Å²) >= 11 is 0. The van der Waals surface area contributed by atoms with Crippen molar-refractivity contribution in [2.24, 2.45) is 5.92 Å². The SMILES string of the molecule is CN(C)C[C@@H]1CCCN(C)C1. The van der Waals surface area contributed by atoms with Gasteiger partial charge in [-0.2, -0.15) is 0 Å². The Morgan fingerprint density at radius 3 is 2.73 bits per heavy atom. The van der Waals surface area contributed by atoms with Gasteiger partial charge >= 0.3 is 0 Å². The first-order valence-electron chi connectivity index (χ1n) is 4.52. The minimum atomic E-state index is 0.906. The Hall–Kier alpha value is -0.0800. The van der Waals surface area contributed by atoms with Gasteiger partial charge in [-0.3, -0.25) is 0 Å². The molecule has 0 aromatic rings. The van der Waals surface area contributed by atoms with Gasteiger partial charge in [0, 0.05) is 13.1 Å². The normalized spacial score (nSPS) is 27.8. The lowest BCUT2D eigenvalue weighted by Gasteiger charge is -2.31. The number of nitrogens with zero attached hydrogens (tertiary/aromatic N) is 2. The summed E-state index contributed by atoms with van der Waals surface area (Å²) in [7, 11) is 6.55. The van der Waals surface area contributed by atoms with Crippen LogP contribution in [0.15, 0.2) is 0 Å². The summed E-state index contributed by atoms with van der Waals surface area (Å²) in [5.74, 6) is 0.906. The maximum absolute atomic E-state index is 2.44. The van der Waals surface area contributed by atoms with Crippen molar-refractivity contribution in [3.63, 3.8) is 0 Å². The van der Waals surface area contributed by atoms with Crippen molar-refractivity contribution < 1.29 is 0 Å². The topological polar surface area (TPSA) is 6.48 Å². The fourth-order valence-corrected chi connectivity index (χ4v) is 1.94. The summed E-state index contributed by atoms with van der Waals surface area (Å²) in [5, 5.41) is 0. The summed E-state index contributed by atoms with van der Waals surface area (Å²) < 4.78 is 0. The zero-order valence-corrected chi connectivity index (χ0v) is 8.01. The Morgan fingerprint density at radius 2 is 2.18 bits per heavy atom. The van der Waals surface area contributed by atoms with Gasteiger partial charge in [0.1, 0.15) is 0 Å². The van der Waals surface area contributed by atoms with E-state index in [1.54, 1.807) is 0 Å². The van der Waals surface area contributed by atoms with E-state index in [-0.39, 0.29) is 0 Å². The van der Waals surface area contributed by atoms with Gasteiger partial charge in [0.25, 0.3) is 0 Å². The second-order valence-electron chi connectivity index (χ2n) is 4.03. The number of hydrogen-bond donors (Lipinski definition) is 0. The van der Waals surface area contributed by atoms with Crippen molar-refractivity contribution in [3.05, 3.63) is 0 Å². The minimum Gasteiger partial charge on any atom is -0.309 e. The first kappa shape index (κ1) is 9.01. The molecule has 0 amide bonds. The number of rotatable bonds is 2. The summed E-state index contributed by atoms with van der Waals surface area (Å²) in [6.45, 7) is 3.84. The molecule has 1 fully saturated rings. The van der Waals surface area contributed by atoms with Gasteiger partial charge in [-0.25, -0.2) is 0 Å². The highest BCUT2D eigenvalue weighted by molar-refractivity contribution is 4.71. The molecule has 0 radical (unpaired) electrons. The van der Waals surface area contributed by atoms with Crippen molar-refractivity contribution >= 4 is 0 Å². The molecular formula is C9H20N2. The molecule has 1 aliphatic heterocycles. The average Bonchev–Trinajstić information content (AvgIpc) is 1.85. The first-order chi connectivity index (χ1) is 5.18. The predicted octanol–water partition coefficient (Wildman–Crippen LogP) is 0.890. The van der Waals surface area contributed by atoms with Crippen LogP contribution in [0, 0.1) is 5.92 Å². The fourth-order valence-electron chi connectivity index (χ4n) is 1.94. The third-order valence-corrected chi connectivity index (χ3v) is 2.35.